The molecule has 3 rings (SSSR count). The molecule has 0 bridgehead atoms. The number of carbonyl (C=O) groups excluding carboxylic acids is 1. The predicted octanol–water partition coefficient (Wildman–Crippen LogP) is 1.68. The number of halogens is 1. The van der Waals surface area contributed by atoms with Crippen LogP contribution in [0.3, 0.4) is 0 Å². The van der Waals surface area contributed by atoms with Crippen molar-refractivity contribution in [3.05, 3.63) is 23.8 Å². The lowest BCUT2D eigenvalue weighted by molar-refractivity contribution is 0.0950. The fourth-order valence-corrected chi connectivity index (χ4v) is 4.67. The average Bonchev–Trinajstić information content (AvgIpc) is 3.45. The number of hydrogen-bond donors (Lipinski definition) is 3. The van der Waals surface area contributed by atoms with Crippen LogP contribution in [0.5, 0.6) is 5.75 Å². The van der Waals surface area contributed by atoms with E-state index in [2.05, 4.69) is 15.4 Å². The van der Waals surface area contributed by atoms with Crippen LogP contribution in [0.15, 0.2) is 23.1 Å². The van der Waals surface area contributed by atoms with Crippen LogP contribution in [-0.2, 0) is 10.0 Å². The Balaban J connectivity index is 0.00000261. The summed E-state index contributed by atoms with van der Waals surface area (Å²) in [7, 11) is -2.28. The summed E-state index contributed by atoms with van der Waals surface area (Å²) >= 11 is 0. The van der Waals surface area contributed by atoms with Gasteiger partial charge in [0.25, 0.3) is 5.91 Å². The summed E-state index contributed by atoms with van der Waals surface area (Å²) in [5, 5.41) is 6.25. The highest BCUT2D eigenvalue weighted by Crippen LogP contribution is 2.28. The maximum atomic E-state index is 12.5. The van der Waals surface area contributed by atoms with E-state index in [-0.39, 0.29) is 35.0 Å². The second-order valence-electron chi connectivity index (χ2n) is 7.02. The molecule has 1 atom stereocenters. The lowest BCUT2D eigenvalue weighted by Crippen LogP contribution is -2.33. The van der Waals surface area contributed by atoms with Crippen molar-refractivity contribution in [1.29, 1.82) is 0 Å². The molecule has 2 aliphatic rings. The lowest BCUT2D eigenvalue weighted by atomic mass is 9.96. The smallest absolute Gasteiger partial charge is 0.251 e. The number of ether oxygens (including phenoxy) is 1. The molecule has 2 fully saturated rings. The number of rotatable bonds is 8. The van der Waals surface area contributed by atoms with Crippen molar-refractivity contribution in [1.82, 2.24) is 15.4 Å². The maximum Gasteiger partial charge on any atom is 0.251 e. The third-order valence-corrected chi connectivity index (χ3v) is 6.39. The molecule has 0 radical (unpaired) electrons. The molecule has 1 saturated carbocycles. The molecule has 1 aliphatic carbocycles. The van der Waals surface area contributed by atoms with Crippen molar-refractivity contribution in [2.45, 2.75) is 43.0 Å². The molecule has 3 N–H and O–H groups in total. The molecule has 1 heterocycles. The first-order valence-electron chi connectivity index (χ1n) is 9.19. The van der Waals surface area contributed by atoms with E-state index in [1.807, 2.05) is 0 Å². The Kier molecular flexibility index (Phi) is 7.91. The van der Waals surface area contributed by atoms with Crippen molar-refractivity contribution in [3.63, 3.8) is 0 Å². The zero-order valence-corrected chi connectivity index (χ0v) is 17.1. The van der Waals surface area contributed by atoms with E-state index in [9.17, 15) is 13.2 Å². The van der Waals surface area contributed by atoms with Crippen molar-refractivity contribution in [2.24, 2.45) is 5.92 Å². The van der Waals surface area contributed by atoms with Crippen LogP contribution in [0.25, 0.3) is 0 Å². The number of benzene rings is 1. The molecule has 1 unspecified atom stereocenters. The molecule has 27 heavy (non-hydrogen) atoms. The summed E-state index contributed by atoms with van der Waals surface area (Å²) in [6, 6.07) is 4.50. The van der Waals surface area contributed by atoms with Crippen LogP contribution < -0.4 is 20.1 Å². The van der Waals surface area contributed by atoms with Gasteiger partial charge in [-0.05, 0) is 69.3 Å². The van der Waals surface area contributed by atoms with Crippen LogP contribution in [0, 0.1) is 5.92 Å². The summed E-state index contributed by atoms with van der Waals surface area (Å²) in [6.45, 7) is 2.65. The molecule has 1 amide bonds. The second kappa shape index (κ2) is 9.73. The van der Waals surface area contributed by atoms with Gasteiger partial charge >= 0.3 is 0 Å². The van der Waals surface area contributed by atoms with Gasteiger partial charge in [-0.1, -0.05) is 0 Å². The van der Waals surface area contributed by atoms with Crippen molar-refractivity contribution in [2.75, 3.05) is 26.7 Å². The van der Waals surface area contributed by atoms with Gasteiger partial charge in [-0.2, -0.15) is 0 Å². The van der Waals surface area contributed by atoms with Crippen molar-refractivity contribution in [3.8, 4) is 5.75 Å². The maximum absolute atomic E-state index is 12.5. The topological polar surface area (TPSA) is 96.5 Å². The fraction of sp³-hybridized carbons (Fsp3) is 0.611. The van der Waals surface area contributed by atoms with E-state index in [4.69, 9.17) is 4.74 Å². The van der Waals surface area contributed by atoms with Gasteiger partial charge in [0, 0.05) is 18.2 Å². The summed E-state index contributed by atoms with van der Waals surface area (Å²) in [5.41, 5.74) is 0.323. The Morgan fingerprint density at radius 3 is 2.70 bits per heavy atom. The van der Waals surface area contributed by atoms with Gasteiger partial charge < -0.3 is 15.4 Å². The van der Waals surface area contributed by atoms with E-state index in [0.717, 1.165) is 32.4 Å². The summed E-state index contributed by atoms with van der Waals surface area (Å²) in [6.07, 6.45) is 4.96. The standard InChI is InChI=1S/C18H27N3O4S.ClH/c1-25-16-7-4-14(11-17(16)26(23,24)21-15-5-6-15)18(22)20-10-8-13-3-2-9-19-12-13;/h4,7,11,13,15,19,21H,2-3,5-6,8-10,12H2,1H3,(H,20,22);1H. The average molecular weight is 418 g/mol. The minimum atomic E-state index is -3.70. The first-order chi connectivity index (χ1) is 12.5. The van der Waals surface area contributed by atoms with Gasteiger partial charge in [0.2, 0.25) is 10.0 Å². The normalized spacial score (nSPS) is 19.8. The first kappa shape index (κ1) is 21.9. The highest BCUT2D eigenvalue weighted by Gasteiger charge is 2.30. The molecule has 1 saturated heterocycles. The van der Waals surface area contributed by atoms with Gasteiger partial charge in [0.1, 0.15) is 10.6 Å². The lowest BCUT2D eigenvalue weighted by Gasteiger charge is -2.22. The minimum absolute atomic E-state index is 0. The summed E-state index contributed by atoms with van der Waals surface area (Å²) in [5.74, 6) is 0.556. The molecule has 9 heteroatoms. The summed E-state index contributed by atoms with van der Waals surface area (Å²) < 4.78 is 32.9. The third kappa shape index (κ3) is 6.07. The Morgan fingerprint density at radius 2 is 2.07 bits per heavy atom. The van der Waals surface area contributed by atoms with Gasteiger partial charge in [-0.3, -0.25) is 4.79 Å². The van der Waals surface area contributed by atoms with Crippen molar-refractivity contribution < 1.29 is 17.9 Å². The minimum Gasteiger partial charge on any atom is -0.495 e. The van der Waals surface area contributed by atoms with Crippen molar-refractivity contribution >= 4 is 28.3 Å². The fourth-order valence-electron chi connectivity index (χ4n) is 3.17. The molecule has 0 aromatic heterocycles. The number of piperidine rings is 1. The Morgan fingerprint density at radius 1 is 1.30 bits per heavy atom. The van der Waals surface area contributed by atoms with Crippen LogP contribution in [0.4, 0.5) is 0 Å². The SMILES string of the molecule is COc1ccc(C(=O)NCCC2CCCNC2)cc1S(=O)(=O)NC1CC1.Cl. The largest absolute Gasteiger partial charge is 0.495 e. The van der Waals surface area contributed by atoms with E-state index in [1.54, 1.807) is 6.07 Å². The quantitative estimate of drug-likeness (QED) is 0.598. The molecular formula is C18H28ClN3O4S. The molecule has 152 valence electrons. The Bertz CT molecular complexity index is 747. The number of amides is 1. The number of carbonyl (C=O) groups is 1. The second-order valence-corrected chi connectivity index (χ2v) is 8.70. The molecule has 1 aromatic carbocycles. The van der Waals surface area contributed by atoms with Crippen LogP contribution in [-0.4, -0.2) is 47.1 Å². The number of methoxy groups -OCH3 is 1. The summed E-state index contributed by atoms with van der Waals surface area (Å²) in [4.78, 5) is 12.4. The number of hydrogen-bond acceptors (Lipinski definition) is 5. The van der Waals surface area contributed by atoms with E-state index in [0.29, 0.717) is 18.0 Å². The highest BCUT2D eigenvalue weighted by molar-refractivity contribution is 7.89. The van der Waals surface area contributed by atoms with E-state index >= 15 is 0 Å². The van der Waals surface area contributed by atoms with Crippen LogP contribution >= 0.6 is 12.4 Å². The highest BCUT2D eigenvalue weighted by atomic mass is 35.5. The van der Waals surface area contributed by atoms with Gasteiger partial charge in [-0.15, -0.1) is 12.4 Å². The molecule has 7 nitrogen and oxygen atoms in total. The molecule has 1 aromatic rings. The van der Waals surface area contributed by atoms with Crippen LogP contribution in [0.2, 0.25) is 0 Å². The van der Waals surface area contributed by atoms with Gasteiger partial charge in [0.05, 0.1) is 7.11 Å². The van der Waals surface area contributed by atoms with Gasteiger partial charge in [-0.25, -0.2) is 13.1 Å². The van der Waals surface area contributed by atoms with E-state index < -0.39 is 10.0 Å². The monoisotopic (exact) mass is 417 g/mol. The van der Waals surface area contributed by atoms with Gasteiger partial charge in [0.15, 0.2) is 0 Å². The zero-order chi connectivity index (χ0) is 18.6. The molecule has 0 spiro atoms. The first-order valence-corrected chi connectivity index (χ1v) is 10.7. The zero-order valence-electron chi connectivity index (χ0n) is 15.5. The number of nitrogens with one attached hydrogen (secondary N) is 3. The molecule has 1 aliphatic heterocycles. The third-order valence-electron chi connectivity index (χ3n) is 4.85. The van der Waals surface area contributed by atoms with E-state index in [1.165, 1.54) is 32.1 Å². The molecular weight excluding hydrogens is 390 g/mol. The predicted molar refractivity (Wildman–Crippen MR) is 106 cm³/mol. The Hall–Kier alpha value is -1.35. The number of sulfonamides is 1. The van der Waals surface area contributed by atoms with Crippen LogP contribution in [0.1, 0.15) is 42.5 Å². The Labute approximate surface area is 167 Å².